The third-order valence-corrected chi connectivity index (χ3v) is 4.66. The maximum atomic E-state index is 5.96. The van der Waals surface area contributed by atoms with E-state index in [2.05, 4.69) is 37.2 Å². The zero-order chi connectivity index (χ0) is 18.1. The molecular formula is C18H23N7O. The summed E-state index contributed by atoms with van der Waals surface area (Å²) < 4.78 is 7.87. The predicted molar refractivity (Wildman–Crippen MR) is 98.0 cm³/mol. The number of rotatable bonds is 4. The Labute approximate surface area is 152 Å². The lowest BCUT2D eigenvalue weighted by molar-refractivity contribution is -0.0346. The van der Waals surface area contributed by atoms with Gasteiger partial charge in [-0.25, -0.2) is 14.5 Å². The zero-order valence-corrected chi connectivity index (χ0v) is 15.3. The molecule has 26 heavy (non-hydrogen) atoms. The van der Waals surface area contributed by atoms with Crippen LogP contribution in [-0.2, 0) is 11.3 Å². The SMILES string of the molecule is CNc1nccnc1[C@@H]1CN(Cc2cnn3c(C)cc(C)nc23)CCO1. The smallest absolute Gasteiger partial charge is 0.159 e. The summed E-state index contributed by atoms with van der Waals surface area (Å²) in [6.07, 6.45) is 5.21. The van der Waals surface area contributed by atoms with Gasteiger partial charge in [-0.3, -0.25) is 9.88 Å². The van der Waals surface area contributed by atoms with Crippen LogP contribution in [0.1, 0.15) is 28.7 Å². The van der Waals surface area contributed by atoms with Gasteiger partial charge in [0, 0.05) is 56.0 Å². The number of ether oxygens (including phenoxy) is 1. The fraction of sp³-hybridized carbons (Fsp3) is 0.444. The van der Waals surface area contributed by atoms with Crippen molar-refractivity contribution in [2.24, 2.45) is 0 Å². The Balaban J connectivity index is 1.56. The summed E-state index contributed by atoms with van der Waals surface area (Å²) in [5.74, 6) is 0.767. The molecule has 0 aliphatic carbocycles. The molecule has 4 heterocycles. The van der Waals surface area contributed by atoms with Crippen LogP contribution in [0.4, 0.5) is 5.82 Å². The maximum absolute atomic E-state index is 5.96. The highest BCUT2D eigenvalue weighted by atomic mass is 16.5. The summed E-state index contributed by atoms with van der Waals surface area (Å²) in [5.41, 5.74) is 5.02. The number of aromatic nitrogens is 5. The summed E-state index contributed by atoms with van der Waals surface area (Å²) in [6, 6.07) is 2.04. The van der Waals surface area contributed by atoms with Gasteiger partial charge in [0.05, 0.1) is 12.8 Å². The molecule has 8 heteroatoms. The van der Waals surface area contributed by atoms with Crippen molar-refractivity contribution in [3.63, 3.8) is 0 Å². The van der Waals surface area contributed by atoms with Crippen molar-refractivity contribution < 1.29 is 4.74 Å². The van der Waals surface area contributed by atoms with E-state index in [4.69, 9.17) is 4.74 Å². The molecule has 0 unspecified atom stereocenters. The van der Waals surface area contributed by atoms with E-state index in [1.165, 1.54) is 0 Å². The fourth-order valence-electron chi connectivity index (χ4n) is 3.46. The molecule has 0 spiro atoms. The lowest BCUT2D eigenvalue weighted by Gasteiger charge is -2.32. The topological polar surface area (TPSA) is 80.5 Å². The molecule has 1 aliphatic heterocycles. The van der Waals surface area contributed by atoms with Crippen LogP contribution >= 0.6 is 0 Å². The first-order valence-electron chi connectivity index (χ1n) is 8.79. The Morgan fingerprint density at radius 2 is 2.12 bits per heavy atom. The average Bonchev–Trinajstić information content (AvgIpc) is 3.05. The van der Waals surface area contributed by atoms with Crippen LogP contribution in [0.25, 0.3) is 5.65 Å². The second-order valence-corrected chi connectivity index (χ2v) is 6.58. The standard InChI is InChI=1S/C18H23N7O/c1-12-8-13(2)25-18(23-12)14(9-22-25)10-24-6-7-26-15(11-24)16-17(19-3)21-5-4-20-16/h4-5,8-9,15H,6-7,10-11H2,1-3H3,(H,19,21)/t15-/m0/s1. The van der Waals surface area contributed by atoms with Gasteiger partial charge in [-0.1, -0.05) is 0 Å². The van der Waals surface area contributed by atoms with Gasteiger partial charge in [0.1, 0.15) is 17.6 Å². The number of fused-ring (bicyclic) bond motifs is 1. The van der Waals surface area contributed by atoms with E-state index in [1.54, 1.807) is 12.4 Å². The van der Waals surface area contributed by atoms with E-state index in [0.717, 1.165) is 53.7 Å². The van der Waals surface area contributed by atoms with Crippen LogP contribution in [-0.4, -0.2) is 56.2 Å². The number of morpholine rings is 1. The van der Waals surface area contributed by atoms with Gasteiger partial charge in [0.2, 0.25) is 0 Å². The van der Waals surface area contributed by atoms with Crippen molar-refractivity contribution in [3.05, 3.63) is 47.3 Å². The Morgan fingerprint density at radius 3 is 2.96 bits per heavy atom. The van der Waals surface area contributed by atoms with Gasteiger partial charge in [-0.05, 0) is 19.9 Å². The largest absolute Gasteiger partial charge is 0.372 e. The first kappa shape index (κ1) is 16.9. The number of hydrogen-bond acceptors (Lipinski definition) is 7. The Kier molecular flexibility index (Phi) is 4.52. The van der Waals surface area contributed by atoms with Crippen molar-refractivity contribution in [1.29, 1.82) is 0 Å². The Bertz CT molecular complexity index is 923. The fourth-order valence-corrected chi connectivity index (χ4v) is 3.46. The van der Waals surface area contributed by atoms with Gasteiger partial charge in [0.15, 0.2) is 5.65 Å². The first-order valence-corrected chi connectivity index (χ1v) is 8.79. The van der Waals surface area contributed by atoms with Crippen LogP contribution in [0.2, 0.25) is 0 Å². The van der Waals surface area contributed by atoms with Crippen LogP contribution in [0.5, 0.6) is 0 Å². The van der Waals surface area contributed by atoms with Crippen LogP contribution in [0.15, 0.2) is 24.7 Å². The second kappa shape index (κ2) is 6.97. The van der Waals surface area contributed by atoms with E-state index < -0.39 is 0 Å². The number of nitrogens with one attached hydrogen (secondary N) is 1. The monoisotopic (exact) mass is 353 g/mol. The van der Waals surface area contributed by atoms with Crippen LogP contribution in [0.3, 0.4) is 0 Å². The van der Waals surface area contributed by atoms with E-state index in [0.29, 0.717) is 6.61 Å². The highest BCUT2D eigenvalue weighted by Gasteiger charge is 2.26. The van der Waals surface area contributed by atoms with Gasteiger partial charge >= 0.3 is 0 Å². The maximum Gasteiger partial charge on any atom is 0.159 e. The molecule has 8 nitrogen and oxygen atoms in total. The number of hydrogen-bond donors (Lipinski definition) is 1. The number of nitrogens with zero attached hydrogens (tertiary/aromatic N) is 6. The van der Waals surface area contributed by atoms with Crippen molar-refractivity contribution in [2.45, 2.75) is 26.5 Å². The summed E-state index contributed by atoms with van der Waals surface area (Å²) in [7, 11) is 1.85. The Morgan fingerprint density at radius 1 is 1.27 bits per heavy atom. The molecule has 1 fully saturated rings. The molecule has 1 aliphatic rings. The molecule has 0 saturated carbocycles. The van der Waals surface area contributed by atoms with Crippen molar-refractivity contribution in [1.82, 2.24) is 29.5 Å². The lowest BCUT2D eigenvalue weighted by Crippen LogP contribution is -2.38. The minimum atomic E-state index is -0.0989. The predicted octanol–water partition coefficient (Wildman–Crippen LogP) is 1.75. The minimum Gasteiger partial charge on any atom is -0.372 e. The van der Waals surface area contributed by atoms with E-state index in [9.17, 15) is 0 Å². The number of aryl methyl sites for hydroxylation is 2. The minimum absolute atomic E-state index is 0.0989. The summed E-state index contributed by atoms with van der Waals surface area (Å²) in [5, 5.41) is 7.59. The molecule has 1 saturated heterocycles. The summed E-state index contributed by atoms with van der Waals surface area (Å²) in [4.78, 5) is 15.8. The Hall–Kier alpha value is -2.58. The van der Waals surface area contributed by atoms with Gasteiger partial charge in [-0.2, -0.15) is 5.10 Å². The van der Waals surface area contributed by atoms with Crippen LogP contribution < -0.4 is 5.32 Å². The van der Waals surface area contributed by atoms with Crippen LogP contribution in [0, 0.1) is 13.8 Å². The quantitative estimate of drug-likeness (QED) is 0.765. The van der Waals surface area contributed by atoms with Gasteiger partial charge in [-0.15, -0.1) is 0 Å². The molecule has 0 radical (unpaired) electrons. The molecule has 0 amide bonds. The highest BCUT2D eigenvalue weighted by molar-refractivity contribution is 5.48. The summed E-state index contributed by atoms with van der Waals surface area (Å²) >= 11 is 0. The molecule has 1 atom stereocenters. The van der Waals surface area contributed by atoms with E-state index in [-0.39, 0.29) is 6.10 Å². The molecule has 0 bridgehead atoms. The molecular weight excluding hydrogens is 330 g/mol. The third kappa shape index (κ3) is 3.13. The molecule has 3 aromatic heterocycles. The van der Waals surface area contributed by atoms with Crippen molar-refractivity contribution in [3.8, 4) is 0 Å². The lowest BCUT2D eigenvalue weighted by atomic mass is 10.1. The summed E-state index contributed by atoms with van der Waals surface area (Å²) in [6.45, 7) is 7.14. The molecule has 4 rings (SSSR count). The second-order valence-electron chi connectivity index (χ2n) is 6.58. The highest BCUT2D eigenvalue weighted by Crippen LogP contribution is 2.26. The third-order valence-electron chi connectivity index (χ3n) is 4.66. The average molecular weight is 353 g/mol. The van der Waals surface area contributed by atoms with Crippen molar-refractivity contribution >= 4 is 11.5 Å². The van der Waals surface area contributed by atoms with E-state index >= 15 is 0 Å². The van der Waals surface area contributed by atoms with Gasteiger partial charge < -0.3 is 10.1 Å². The van der Waals surface area contributed by atoms with Gasteiger partial charge in [0.25, 0.3) is 0 Å². The zero-order valence-electron chi connectivity index (χ0n) is 15.3. The molecule has 3 aromatic rings. The normalized spacial score (nSPS) is 18.3. The molecule has 0 aromatic carbocycles. The molecule has 1 N–H and O–H groups in total. The number of anilines is 1. The molecule has 136 valence electrons. The van der Waals surface area contributed by atoms with Crippen molar-refractivity contribution in [2.75, 3.05) is 32.1 Å². The van der Waals surface area contributed by atoms with E-state index in [1.807, 2.05) is 30.8 Å². The first-order chi connectivity index (χ1) is 12.7.